The van der Waals surface area contributed by atoms with Crippen LogP contribution in [-0.4, -0.2) is 25.0 Å². The first-order valence-corrected chi connectivity index (χ1v) is 5.67. The van der Waals surface area contributed by atoms with Crippen molar-refractivity contribution in [3.05, 3.63) is 35.4 Å². The highest BCUT2D eigenvalue weighted by Crippen LogP contribution is 2.50. The van der Waals surface area contributed by atoms with Crippen LogP contribution in [0.25, 0.3) is 0 Å². The number of nitrogens with two attached hydrogens (primary N) is 1. The van der Waals surface area contributed by atoms with Crippen LogP contribution in [0.1, 0.15) is 24.0 Å². The van der Waals surface area contributed by atoms with E-state index in [0.717, 1.165) is 13.1 Å². The summed E-state index contributed by atoms with van der Waals surface area (Å²) in [6, 6.07) is 8.86. The molecule has 1 aliphatic rings. The van der Waals surface area contributed by atoms with Gasteiger partial charge in [-0.3, -0.25) is 4.90 Å². The highest BCUT2D eigenvalue weighted by Gasteiger charge is 2.47. The van der Waals surface area contributed by atoms with Crippen molar-refractivity contribution in [1.82, 2.24) is 4.90 Å². The normalized spacial score (nSPS) is 18.1. The van der Waals surface area contributed by atoms with Crippen LogP contribution in [0.5, 0.6) is 0 Å². The molecule has 2 heteroatoms. The molecule has 0 unspecified atom stereocenters. The topological polar surface area (TPSA) is 29.3 Å². The molecule has 1 fully saturated rings. The Morgan fingerprint density at radius 1 is 1.40 bits per heavy atom. The lowest BCUT2D eigenvalue weighted by atomic mass is 10.0. The van der Waals surface area contributed by atoms with Gasteiger partial charge in [-0.1, -0.05) is 29.8 Å². The van der Waals surface area contributed by atoms with Crippen molar-refractivity contribution in [3.63, 3.8) is 0 Å². The zero-order valence-corrected chi connectivity index (χ0v) is 9.66. The van der Waals surface area contributed by atoms with E-state index in [1.54, 1.807) is 0 Å². The summed E-state index contributed by atoms with van der Waals surface area (Å²) < 4.78 is 0. The zero-order valence-electron chi connectivity index (χ0n) is 9.66. The Kier molecular flexibility index (Phi) is 2.81. The van der Waals surface area contributed by atoms with E-state index < -0.39 is 0 Å². The SMILES string of the molecule is Cc1cccc(C2(N(C)CCN)CC2)c1. The zero-order chi connectivity index (χ0) is 10.9. The fraction of sp³-hybridized carbons (Fsp3) is 0.538. The minimum atomic E-state index is 0.297. The molecule has 0 atom stereocenters. The highest BCUT2D eigenvalue weighted by atomic mass is 15.2. The molecule has 0 aliphatic heterocycles. The summed E-state index contributed by atoms with van der Waals surface area (Å²) in [4.78, 5) is 2.40. The van der Waals surface area contributed by atoms with Crippen LogP contribution in [0, 0.1) is 6.92 Å². The number of aryl methyl sites for hydroxylation is 1. The van der Waals surface area contributed by atoms with E-state index >= 15 is 0 Å². The van der Waals surface area contributed by atoms with E-state index in [4.69, 9.17) is 5.73 Å². The molecule has 15 heavy (non-hydrogen) atoms. The van der Waals surface area contributed by atoms with Crippen LogP contribution < -0.4 is 5.73 Å². The molecule has 1 saturated carbocycles. The van der Waals surface area contributed by atoms with E-state index in [1.807, 2.05) is 0 Å². The standard InChI is InChI=1S/C13H20N2/c1-11-4-3-5-12(10-11)13(6-7-13)15(2)9-8-14/h3-5,10H,6-9,14H2,1-2H3. The molecule has 1 aromatic carbocycles. The van der Waals surface area contributed by atoms with Gasteiger partial charge in [-0.2, -0.15) is 0 Å². The molecule has 0 spiro atoms. The van der Waals surface area contributed by atoms with Gasteiger partial charge in [0.2, 0.25) is 0 Å². The predicted molar refractivity (Wildman–Crippen MR) is 63.8 cm³/mol. The van der Waals surface area contributed by atoms with Crippen LogP contribution >= 0.6 is 0 Å². The highest BCUT2D eigenvalue weighted by molar-refractivity contribution is 5.33. The lowest BCUT2D eigenvalue weighted by Crippen LogP contribution is -2.35. The maximum absolute atomic E-state index is 5.62. The Morgan fingerprint density at radius 2 is 2.13 bits per heavy atom. The lowest BCUT2D eigenvalue weighted by Gasteiger charge is -2.28. The smallest absolute Gasteiger partial charge is 0.0459 e. The Morgan fingerprint density at radius 3 is 2.67 bits per heavy atom. The summed E-state index contributed by atoms with van der Waals surface area (Å²) in [7, 11) is 2.18. The van der Waals surface area contributed by atoms with Gasteiger partial charge in [0.25, 0.3) is 0 Å². The van der Waals surface area contributed by atoms with Gasteiger partial charge < -0.3 is 5.73 Å². The van der Waals surface area contributed by atoms with Gasteiger partial charge in [-0.05, 0) is 32.4 Å². The molecule has 0 saturated heterocycles. The second-order valence-electron chi connectivity index (χ2n) is 4.61. The van der Waals surface area contributed by atoms with E-state index in [-0.39, 0.29) is 0 Å². The van der Waals surface area contributed by atoms with Crippen molar-refractivity contribution in [2.24, 2.45) is 5.73 Å². The summed E-state index contributed by atoms with van der Waals surface area (Å²) >= 11 is 0. The van der Waals surface area contributed by atoms with Gasteiger partial charge in [0.15, 0.2) is 0 Å². The Hall–Kier alpha value is -0.860. The monoisotopic (exact) mass is 204 g/mol. The van der Waals surface area contributed by atoms with Crippen molar-refractivity contribution in [3.8, 4) is 0 Å². The number of benzene rings is 1. The van der Waals surface area contributed by atoms with E-state index in [9.17, 15) is 0 Å². The number of nitrogens with zero attached hydrogens (tertiary/aromatic N) is 1. The van der Waals surface area contributed by atoms with Crippen LogP contribution in [0.3, 0.4) is 0 Å². The molecule has 0 heterocycles. The van der Waals surface area contributed by atoms with Crippen molar-refractivity contribution in [2.75, 3.05) is 20.1 Å². The molecular weight excluding hydrogens is 184 g/mol. The van der Waals surface area contributed by atoms with Crippen molar-refractivity contribution in [1.29, 1.82) is 0 Å². The van der Waals surface area contributed by atoms with Crippen LogP contribution in [0.2, 0.25) is 0 Å². The summed E-state index contributed by atoms with van der Waals surface area (Å²) in [5, 5.41) is 0. The molecule has 0 bridgehead atoms. The maximum Gasteiger partial charge on any atom is 0.0459 e. The van der Waals surface area contributed by atoms with E-state index in [2.05, 4.69) is 43.1 Å². The summed E-state index contributed by atoms with van der Waals surface area (Å²) in [5.74, 6) is 0. The quantitative estimate of drug-likeness (QED) is 0.811. The van der Waals surface area contributed by atoms with Crippen LogP contribution in [0.4, 0.5) is 0 Å². The predicted octanol–water partition coefficient (Wildman–Crippen LogP) is 1.87. The molecule has 2 N–H and O–H groups in total. The first kappa shape index (κ1) is 10.7. The maximum atomic E-state index is 5.62. The third kappa shape index (κ3) is 1.92. The molecule has 0 radical (unpaired) electrons. The molecule has 2 nitrogen and oxygen atoms in total. The van der Waals surface area contributed by atoms with Crippen molar-refractivity contribution >= 4 is 0 Å². The van der Waals surface area contributed by atoms with Crippen molar-refractivity contribution in [2.45, 2.75) is 25.3 Å². The van der Waals surface area contributed by atoms with Crippen LogP contribution in [-0.2, 0) is 5.54 Å². The van der Waals surface area contributed by atoms with E-state index in [1.165, 1.54) is 24.0 Å². The van der Waals surface area contributed by atoms with Gasteiger partial charge in [-0.15, -0.1) is 0 Å². The fourth-order valence-electron chi connectivity index (χ4n) is 2.35. The molecule has 82 valence electrons. The third-order valence-electron chi connectivity index (χ3n) is 3.47. The molecule has 1 aliphatic carbocycles. The number of hydrogen-bond acceptors (Lipinski definition) is 2. The Bertz CT molecular complexity index is 342. The average molecular weight is 204 g/mol. The molecule has 1 aromatic rings. The van der Waals surface area contributed by atoms with Gasteiger partial charge >= 0.3 is 0 Å². The fourth-order valence-corrected chi connectivity index (χ4v) is 2.35. The molecule has 0 amide bonds. The Balaban J connectivity index is 2.22. The Labute approximate surface area is 92.1 Å². The van der Waals surface area contributed by atoms with Crippen LogP contribution in [0.15, 0.2) is 24.3 Å². The van der Waals surface area contributed by atoms with E-state index in [0.29, 0.717) is 5.54 Å². The largest absolute Gasteiger partial charge is 0.329 e. The summed E-state index contributed by atoms with van der Waals surface area (Å²) in [6.45, 7) is 3.88. The summed E-state index contributed by atoms with van der Waals surface area (Å²) in [5.41, 5.74) is 8.72. The minimum absolute atomic E-state index is 0.297. The van der Waals surface area contributed by atoms with Gasteiger partial charge in [0, 0.05) is 18.6 Å². The minimum Gasteiger partial charge on any atom is -0.329 e. The van der Waals surface area contributed by atoms with Crippen molar-refractivity contribution < 1.29 is 0 Å². The number of hydrogen-bond donors (Lipinski definition) is 1. The third-order valence-corrected chi connectivity index (χ3v) is 3.47. The second-order valence-corrected chi connectivity index (χ2v) is 4.61. The molecule has 0 aromatic heterocycles. The number of rotatable bonds is 4. The van der Waals surface area contributed by atoms with Gasteiger partial charge in [0.05, 0.1) is 0 Å². The van der Waals surface area contributed by atoms with Gasteiger partial charge in [-0.25, -0.2) is 0 Å². The first-order valence-electron chi connectivity index (χ1n) is 5.67. The summed E-state index contributed by atoms with van der Waals surface area (Å²) in [6.07, 6.45) is 2.54. The average Bonchev–Trinajstić information content (AvgIpc) is 2.99. The second kappa shape index (κ2) is 3.95. The molecular formula is C13H20N2. The number of likely N-dealkylation sites (N-methyl/N-ethyl adjacent to an activating group) is 1. The molecule has 2 rings (SSSR count). The van der Waals surface area contributed by atoms with Gasteiger partial charge in [0.1, 0.15) is 0 Å². The lowest BCUT2D eigenvalue weighted by molar-refractivity contribution is 0.229. The first-order chi connectivity index (χ1) is 7.19.